The van der Waals surface area contributed by atoms with E-state index in [4.69, 9.17) is 9.47 Å². The van der Waals surface area contributed by atoms with Gasteiger partial charge in [0, 0.05) is 17.8 Å². The van der Waals surface area contributed by atoms with E-state index in [-0.39, 0.29) is 19.0 Å². The second kappa shape index (κ2) is 6.55. The Bertz CT molecular complexity index is 1070. The van der Waals surface area contributed by atoms with E-state index in [0.29, 0.717) is 34.9 Å². The Kier molecular flexibility index (Phi) is 3.97. The minimum atomic E-state index is -0.871. The molecule has 7 heteroatoms. The van der Waals surface area contributed by atoms with E-state index in [2.05, 4.69) is 4.99 Å². The number of hydrogen-bond acceptors (Lipinski definition) is 6. The van der Waals surface area contributed by atoms with Gasteiger partial charge in [0.2, 0.25) is 6.79 Å². The quantitative estimate of drug-likeness (QED) is 0.749. The molecule has 3 aliphatic heterocycles. The summed E-state index contributed by atoms with van der Waals surface area (Å²) in [7, 11) is 0. The van der Waals surface area contributed by atoms with Crippen LogP contribution in [0.3, 0.4) is 0 Å². The average Bonchev–Trinajstić information content (AvgIpc) is 3.29. The van der Waals surface area contributed by atoms with Crippen LogP contribution in [-0.4, -0.2) is 47.6 Å². The number of nitrogens with zero attached hydrogens (tertiary/aromatic N) is 2. The van der Waals surface area contributed by atoms with E-state index in [1.807, 2.05) is 12.1 Å². The predicted molar refractivity (Wildman–Crippen MR) is 104 cm³/mol. The van der Waals surface area contributed by atoms with E-state index >= 15 is 0 Å². The molecule has 1 atom stereocenters. The molecule has 3 heterocycles. The Morgan fingerprint density at radius 3 is 2.41 bits per heavy atom. The van der Waals surface area contributed by atoms with Gasteiger partial charge in [0.15, 0.2) is 17.3 Å². The fraction of sp³-hybridized carbons (Fsp3) is 0.273. The minimum Gasteiger partial charge on any atom is -0.454 e. The Hall–Kier alpha value is -3.48. The lowest BCUT2D eigenvalue weighted by Gasteiger charge is -2.23. The van der Waals surface area contributed by atoms with Crippen LogP contribution in [0.5, 0.6) is 11.5 Å². The van der Waals surface area contributed by atoms with Crippen molar-refractivity contribution in [3.63, 3.8) is 0 Å². The highest BCUT2D eigenvalue weighted by Crippen LogP contribution is 2.36. The Labute approximate surface area is 166 Å². The fourth-order valence-electron chi connectivity index (χ4n) is 4.02. The Morgan fingerprint density at radius 2 is 1.72 bits per heavy atom. The van der Waals surface area contributed by atoms with Gasteiger partial charge in [0.05, 0.1) is 23.6 Å². The van der Waals surface area contributed by atoms with Crippen molar-refractivity contribution in [2.24, 2.45) is 4.99 Å². The Morgan fingerprint density at radius 1 is 1.07 bits per heavy atom. The van der Waals surface area contributed by atoms with Crippen molar-refractivity contribution in [1.29, 1.82) is 0 Å². The van der Waals surface area contributed by atoms with Gasteiger partial charge in [-0.2, -0.15) is 0 Å². The van der Waals surface area contributed by atoms with Crippen molar-refractivity contribution in [2.45, 2.75) is 25.8 Å². The molecule has 0 bridgehead atoms. The van der Waals surface area contributed by atoms with Crippen LogP contribution in [0.4, 0.5) is 0 Å². The van der Waals surface area contributed by atoms with Crippen molar-refractivity contribution >= 4 is 23.3 Å². The first-order chi connectivity index (χ1) is 14.0. The maximum atomic E-state index is 13.0. The number of rotatable bonds is 4. The van der Waals surface area contributed by atoms with E-state index in [0.717, 1.165) is 22.4 Å². The maximum Gasteiger partial charge on any atom is 0.262 e. The summed E-state index contributed by atoms with van der Waals surface area (Å²) in [5.41, 5.74) is 3.25. The van der Waals surface area contributed by atoms with Gasteiger partial charge in [-0.3, -0.25) is 24.3 Å². The number of aliphatic imine (C=N–C) groups is 1. The number of imide groups is 1. The number of amides is 2. The number of carbonyl (C=O) groups excluding carboxylic acids is 3. The highest BCUT2D eigenvalue weighted by Gasteiger charge is 2.40. The van der Waals surface area contributed by atoms with Crippen LogP contribution in [0.25, 0.3) is 0 Å². The molecule has 5 rings (SSSR count). The molecular formula is C22H18N2O5. The predicted octanol–water partition coefficient (Wildman–Crippen LogP) is 2.40. The molecule has 0 spiro atoms. The second-order valence-electron chi connectivity index (χ2n) is 7.29. The van der Waals surface area contributed by atoms with Crippen molar-refractivity contribution in [3.8, 4) is 11.5 Å². The molecule has 2 amide bonds. The summed E-state index contributed by atoms with van der Waals surface area (Å²) in [6, 6.07) is 9.55. The molecule has 0 radical (unpaired) electrons. The fourth-order valence-corrected chi connectivity index (χ4v) is 4.02. The largest absolute Gasteiger partial charge is 0.454 e. The third-order valence-electron chi connectivity index (χ3n) is 5.61. The van der Waals surface area contributed by atoms with Crippen LogP contribution in [-0.2, 0) is 11.2 Å². The Balaban J connectivity index is 1.39. The molecule has 0 fully saturated rings. The number of carbonyl (C=O) groups is 3. The van der Waals surface area contributed by atoms with E-state index in [1.54, 1.807) is 31.2 Å². The lowest BCUT2D eigenvalue weighted by atomic mass is 9.93. The van der Waals surface area contributed by atoms with Gasteiger partial charge >= 0.3 is 0 Å². The zero-order valence-corrected chi connectivity index (χ0v) is 15.8. The standard InChI is InChI=1S/C22H18N2O5/c1-12(24-21(26)14-4-2-3-5-15(14)22(24)27)18(25)10-17-16-9-20-19(28-11-29-20)8-13(16)6-7-23-17/h2-5,8-9,12H,6-7,10-11H2,1H3/t12-/m1/s1. The number of hydrogen-bond donors (Lipinski definition) is 0. The molecule has 0 saturated carbocycles. The van der Waals surface area contributed by atoms with Gasteiger partial charge in [-0.25, -0.2) is 0 Å². The number of benzene rings is 2. The highest BCUT2D eigenvalue weighted by molar-refractivity contribution is 6.24. The monoisotopic (exact) mass is 390 g/mol. The number of ketones is 1. The number of Topliss-reactive ketones (excluding diaryl/α,β-unsaturated/α-hetero) is 1. The van der Waals surface area contributed by atoms with Gasteiger partial charge < -0.3 is 9.47 Å². The van der Waals surface area contributed by atoms with Crippen molar-refractivity contribution in [2.75, 3.05) is 13.3 Å². The van der Waals surface area contributed by atoms with Crippen LogP contribution in [0.2, 0.25) is 0 Å². The van der Waals surface area contributed by atoms with Crippen LogP contribution in [0.15, 0.2) is 41.4 Å². The summed E-state index contributed by atoms with van der Waals surface area (Å²) in [5.74, 6) is 0.250. The molecule has 0 N–H and O–H groups in total. The third-order valence-corrected chi connectivity index (χ3v) is 5.61. The first-order valence-electron chi connectivity index (χ1n) is 9.50. The van der Waals surface area contributed by atoms with E-state index in [1.165, 1.54) is 0 Å². The van der Waals surface area contributed by atoms with Gasteiger partial charge in [0.1, 0.15) is 0 Å². The first kappa shape index (κ1) is 17.6. The molecule has 0 aliphatic carbocycles. The van der Waals surface area contributed by atoms with Gasteiger partial charge in [-0.1, -0.05) is 12.1 Å². The molecule has 7 nitrogen and oxygen atoms in total. The summed E-state index contributed by atoms with van der Waals surface area (Å²) in [4.78, 5) is 43.9. The first-order valence-corrected chi connectivity index (χ1v) is 9.50. The SMILES string of the molecule is C[C@H](C(=O)CC1=NCCc2cc3c(cc21)OCO3)N1C(=O)c2ccccc2C1=O. The van der Waals surface area contributed by atoms with Gasteiger partial charge in [-0.05, 0) is 43.2 Å². The van der Waals surface area contributed by atoms with Gasteiger partial charge in [0.25, 0.3) is 11.8 Å². The summed E-state index contributed by atoms with van der Waals surface area (Å²) in [6.45, 7) is 2.35. The van der Waals surface area contributed by atoms with Crippen molar-refractivity contribution in [1.82, 2.24) is 4.90 Å². The normalized spacial score (nSPS) is 17.7. The molecule has 2 aromatic carbocycles. The number of fused-ring (bicyclic) bond motifs is 3. The molecule has 0 saturated heterocycles. The van der Waals surface area contributed by atoms with E-state index in [9.17, 15) is 14.4 Å². The minimum absolute atomic E-state index is 0.0429. The lowest BCUT2D eigenvalue weighted by Crippen LogP contribution is -2.43. The van der Waals surface area contributed by atoms with Crippen molar-refractivity contribution < 1.29 is 23.9 Å². The average molecular weight is 390 g/mol. The molecule has 0 aromatic heterocycles. The highest BCUT2D eigenvalue weighted by atomic mass is 16.7. The zero-order valence-electron chi connectivity index (χ0n) is 15.8. The topological polar surface area (TPSA) is 85.3 Å². The summed E-state index contributed by atoms with van der Waals surface area (Å²) in [6.07, 6.45) is 0.804. The zero-order chi connectivity index (χ0) is 20.1. The molecule has 0 unspecified atom stereocenters. The molecule has 29 heavy (non-hydrogen) atoms. The summed E-state index contributed by atoms with van der Waals surface area (Å²) in [5, 5.41) is 0. The molecule has 3 aliphatic rings. The summed E-state index contributed by atoms with van der Waals surface area (Å²) >= 11 is 0. The van der Waals surface area contributed by atoms with Crippen LogP contribution >= 0.6 is 0 Å². The van der Waals surface area contributed by atoms with E-state index < -0.39 is 17.9 Å². The smallest absolute Gasteiger partial charge is 0.262 e. The number of ether oxygens (including phenoxy) is 2. The van der Waals surface area contributed by atoms with Gasteiger partial charge in [-0.15, -0.1) is 0 Å². The van der Waals surface area contributed by atoms with Crippen LogP contribution in [0.1, 0.15) is 45.2 Å². The molecular weight excluding hydrogens is 372 g/mol. The maximum absolute atomic E-state index is 13.0. The van der Waals surface area contributed by atoms with Crippen molar-refractivity contribution in [3.05, 3.63) is 58.7 Å². The molecule has 146 valence electrons. The molecule has 2 aromatic rings. The van der Waals surface area contributed by atoms with Crippen LogP contribution in [0, 0.1) is 0 Å². The lowest BCUT2D eigenvalue weighted by molar-refractivity contribution is -0.121. The summed E-state index contributed by atoms with van der Waals surface area (Å²) < 4.78 is 10.9. The second-order valence-corrected chi connectivity index (χ2v) is 7.29. The third kappa shape index (κ3) is 2.73. The van der Waals surface area contributed by atoms with Crippen LogP contribution < -0.4 is 9.47 Å².